The van der Waals surface area contributed by atoms with Gasteiger partial charge in [0.2, 0.25) is 5.95 Å². The molecule has 0 bridgehead atoms. The summed E-state index contributed by atoms with van der Waals surface area (Å²) in [7, 11) is 1.60. The van der Waals surface area contributed by atoms with Crippen molar-refractivity contribution >= 4 is 21.9 Å². The number of halogens is 1. The summed E-state index contributed by atoms with van der Waals surface area (Å²) in [6.07, 6.45) is 0. The molecule has 6 heteroatoms. The van der Waals surface area contributed by atoms with Crippen molar-refractivity contribution in [3.63, 3.8) is 0 Å². The number of hydrogen-bond acceptors (Lipinski definition) is 5. The van der Waals surface area contributed by atoms with Crippen molar-refractivity contribution in [2.24, 2.45) is 0 Å². The molecule has 0 saturated carbocycles. The van der Waals surface area contributed by atoms with E-state index in [1.165, 1.54) is 0 Å². The van der Waals surface area contributed by atoms with Gasteiger partial charge in [0.15, 0.2) is 0 Å². The molecule has 0 unspecified atom stereocenters. The van der Waals surface area contributed by atoms with Gasteiger partial charge in [-0.1, -0.05) is 13.8 Å². The Bertz CT molecular complexity index is 601. The minimum atomic E-state index is 0.241. The molecule has 19 heavy (non-hydrogen) atoms. The summed E-state index contributed by atoms with van der Waals surface area (Å²) in [6.45, 7) is 4.11. The second kappa shape index (κ2) is 5.52. The summed E-state index contributed by atoms with van der Waals surface area (Å²) in [5, 5.41) is 0. The zero-order chi connectivity index (χ0) is 14.0. The number of nitrogen functional groups attached to an aromatic ring is 1. The van der Waals surface area contributed by atoms with Crippen LogP contribution in [0.15, 0.2) is 22.8 Å². The molecule has 0 aliphatic carbocycles. The largest absolute Gasteiger partial charge is 0.494 e. The van der Waals surface area contributed by atoms with E-state index in [-0.39, 0.29) is 11.9 Å². The van der Waals surface area contributed by atoms with Crippen LogP contribution in [0.1, 0.15) is 25.5 Å². The highest BCUT2D eigenvalue weighted by atomic mass is 79.9. The van der Waals surface area contributed by atoms with Crippen LogP contribution in [-0.2, 0) is 0 Å². The predicted molar refractivity (Wildman–Crippen MR) is 78.0 cm³/mol. The van der Waals surface area contributed by atoms with Crippen LogP contribution in [-0.4, -0.2) is 22.1 Å². The molecule has 0 atom stereocenters. The lowest BCUT2D eigenvalue weighted by Crippen LogP contribution is -2.03. The summed E-state index contributed by atoms with van der Waals surface area (Å²) in [6, 6.07) is 5.54. The van der Waals surface area contributed by atoms with E-state index in [0.717, 1.165) is 5.69 Å². The molecular formula is C13H15BrN4O. The first-order valence-electron chi connectivity index (χ1n) is 5.86. The van der Waals surface area contributed by atoms with E-state index in [2.05, 4.69) is 44.7 Å². The number of nitrogens with two attached hydrogens (primary N) is 1. The molecule has 0 aromatic carbocycles. The van der Waals surface area contributed by atoms with Gasteiger partial charge < -0.3 is 10.5 Å². The van der Waals surface area contributed by atoms with Crippen molar-refractivity contribution < 1.29 is 4.74 Å². The van der Waals surface area contributed by atoms with Gasteiger partial charge in [-0.15, -0.1) is 0 Å². The summed E-state index contributed by atoms with van der Waals surface area (Å²) >= 11 is 3.35. The van der Waals surface area contributed by atoms with Gasteiger partial charge in [0.25, 0.3) is 0 Å². The fourth-order valence-corrected chi connectivity index (χ4v) is 1.98. The Labute approximate surface area is 120 Å². The van der Waals surface area contributed by atoms with Gasteiger partial charge in [-0.2, -0.15) is 0 Å². The maximum atomic E-state index is 5.76. The molecule has 5 nitrogen and oxygen atoms in total. The number of hydrogen-bond donors (Lipinski definition) is 1. The van der Waals surface area contributed by atoms with Gasteiger partial charge in [0, 0.05) is 5.69 Å². The van der Waals surface area contributed by atoms with Gasteiger partial charge in [0.05, 0.1) is 12.8 Å². The Hall–Kier alpha value is -1.69. The molecular weight excluding hydrogens is 308 g/mol. The zero-order valence-corrected chi connectivity index (χ0v) is 12.6. The number of ether oxygens (including phenoxy) is 1. The molecule has 100 valence electrons. The molecule has 0 spiro atoms. The summed E-state index contributed by atoms with van der Waals surface area (Å²) < 4.78 is 6.02. The van der Waals surface area contributed by atoms with Gasteiger partial charge >= 0.3 is 0 Å². The van der Waals surface area contributed by atoms with Crippen molar-refractivity contribution in [2.45, 2.75) is 19.8 Å². The molecule has 2 N–H and O–H groups in total. The third-order valence-electron chi connectivity index (χ3n) is 2.64. The van der Waals surface area contributed by atoms with Crippen LogP contribution in [0.2, 0.25) is 0 Å². The molecule has 2 rings (SSSR count). The molecule has 2 aromatic heterocycles. The van der Waals surface area contributed by atoms with Crippen LogP contribution in [0, 0.1) is 0 Å². The summed E-state index contributed by atoms with van der Waals surface area (Å²) in [4.78, 5) is 12.9. The third-order valence-corrected chi connectivity index (χ3v) is 3.08. The minimum absolute atomic E-state index is 0.241. The second-order valence-electron chi connectivity index (χ2n) is 4.38. The van der Waals surface area contributed by atoms with E-state index in [0.29, 0.717) is 21.7 Å². The smallest absolute Gasteiger partial charge is 0.220 e. The van der Waals surface area contributed by atoms with Crippen LogP contribution in [0.3, 0.4) is 0 Å². The molecule has 2 aromatic rings. The lowest BCUT2D eigenvalue weighted by atomic mass is 10.1. The Kier molecular flexibility index (Phi) is 3.99. The lowest BCUT2D eigenvalue weighted by Gasteiger charge is -2.10. The highest BCUT2D eigenvalue weighted by molar-refractivity contribution is 9.10. The molecule has 0 aliphatic heterocycles. The SMILES string of the molecule is COc1ccc(Br)nc1-c1cc(C(C)C)nc(N)n1. The predicted octanol–water partition coefficient (Wildman–Crippen LogP) is 3.02. The average Bonchev–Trinajstić information content (AvgIpc) is 2.37. The molecule has 0 saturated heterocycles. The van der Waals surface area contributed by atoms with Crippen LogP contribution in [0.25, 0.3) is 11.4 Å². The second-order valence-corrected chi connectivity index (χ2v) is 5.19. The first kappa shape index (κ1) is 13.7. The van der Waals surface area contributed by atoms with E-state index in [9.17, 15) is 0 Å². The number of nitrogens with zero attached hydrogens (tertiary/aromatic N) is 3. The van der Waals surface area contributed by atoms with Crippen LogP contribution >= 0.6 is 15.9 Å². The van der Waals surface area contributed by atoms with Crippen molar-refractivity contribution in [3.05, 3.63) is 28.5 Å². The number of pyridine rings is 1. The van der Waals surface area contributed by atoms with Crippen LogP contribution < -0.4 is 10.5 Å². The van der Waals surface area contributed by atoms with Gasteiger partial charge in [-0.25, -0.2) is 15.0 Å². The summed E-state index contributed by atoms with van der Waals surface area (Å²) in [5.41, 5.74) is 7.95. The molecule has 0 aliphatic rings. The quantitative estimate of drug-likeness (QED) is 0.879. The highest BCUT2D eigenvalue weighted by Crippen LogP contribution is 2.29. The Balaban J connectivity index is 2.61. The highest BCUT2D eigenvalue weighted by Gasteiger charge is 2.13. The van der Waals surface area contributed by atoms with Crippen molar-refractivity contribution in [1.29, 1.82) is 0 Å². The van der Waals surface area contributed by atoms with E-state index >= 15 is 0 Å². The fourth-order valence-electron chi connectivity index (χ4n) is 1.67. The van der Waals surface area contributed by atoms with Crippen molar-refractivity contribution in [3.8, 4) is 17.1 Å². The standard InChI is InChI=1S/C13H15BrN4O/c1-7(2)8-6-9(17-13(15)16-8)12-10(19-3)4-5-11(14)18-12/h4-7H,1-3H3,(H2,15,16,17). The van der Waals surface area contributed by atoms with Crippen LogP contribution in [0.5, 0.6) is 5.75 Å². The fraction of sp³-hybridized carbons (Fsp3) is 0.308. The third kappa shape index (κ3) is 3.01. The number of methoxy groups -OCH3 is 1. The average molecular weight is 323 g/mol. The van der Waals surface area contributed by atoms with Crippen molar-refractivity contribution in [1.82, 2.24) is 15.0 Å². The van der Waals surface area contributed by atoms with E-state index in [1.54, 1.807) is 7.11 Å². The zero-order valence-electron chi connectivity index (χ0n) is 11.0. The van der Waals surface area contributed by atoms with Crippen molar-refractivity contribution in [2.75, 3.05) is 12.8 Å². The maximum absolute atomic E-state index is 5.76. The first-order valence-corrected chi connectivity index (χ1v) is 6.66. The molecule has 0 fully saturated rings. The molecule has 2 heterocycles. The van der Waals surface area contributed by atoms with Gasteiger partial charge in [-0.3, -0.25) is 0 Å². The Morgan fingerprint density at radius 3 is 2.58 bits per heavy atom. The number of aromatic nitrogens is 3. The lowest BCUT2D eigenvalue weighted by molar-refractivity contribution is 0.414. The van der Waals surface area contributed by atoms with E-state index in [4.69, 9.17) is 10.5 Å². The normalized spacial score (nSPS) is 10.8. The van der Waals surface area contributed by atoms with E-state index < -0.39 is 0 Å². The Morgan fingerprint density at radius 1 is 1.21 bits per heavy atom. The number of anilines is 1. The Morgan fingerprint density at radius 2 is 1.95 bits per heavy atom. The van der Waals surface area contributed by atoms with Crippen LogP contribution in [0.4, 0.5) is 5.95 Å². The topological polar surface area (TPSA) is 73.9 Å². The number of rotatable bonds is 3. The monoisotopic (exact) mass is 322 g/mol. The van der Waals surface area contributed by atoms with E-state index in [1.807, 2.05) is 18.2 Å². The molecule has 0 radical (unpaired) electrons. The summed E-state index contributed by atoms with van der Waals surface area (Å²) in [5.74, 6) is 1.16. The molecule has 0 amide bonds. The first-order chi connectivity index (χ1) is 9.01. The maximum Gasteiger partial charge on any atom is 0.220 e. The van der Waals surface area contributed by atoms with Gasteiger partial charge in [-0.05, 0) is 40.0 Å². The minimum Gasteiger partial charge on any atom is -0.494 e. The van der Waals surface area contributed by atoms with Gasteiger partial charge in [0.1, 0.15) is 16.0 Å².